The predicted molar refractivity (Wildman–Crippen MR) is 51.2 cm³/mol. The fourth-order valence-electron chi connectivity index (χ4n) is 0.701. The van der Waals surface area contributed by atoms with Gasteiger partial charge in [0.25, 0.3) is 0 Å². The molecule has 0 aliphatic carbocycles. The highest BCUT2D eigenvalue weighted by molar-refractivity contribution is 6.28. The van der Waals surface area contributed by atoms with Crippen molar-refractivity contribution in [3.05, 3.63) is 0 Å². The van der Waals surface area contributed by atoms with E-state index in [4.69, 9.17) is 5.21 Å². The highest BCUT2D eigenvalue weighted by Gasteiger charge is 1.96. The van der Waals surface area contributed by atoms with Gasteiger partial charge >= 0.3 is 0 Å². The average Bonchev–Trinajstić information content (AvgIpc) is 2.03. The van der Waals surface area contributed by atoms with Gasteiger partial charge in [-0.1, -0.05) is 18.5 Å². The molecule has 12 heavy (non-hydrogen) atoms. The lowest BCUT2D eigenvalue weighted by Gasteiger charge is -2.10. The Morgan fingerprint density at radius 1 is 1.50 bits per heavy atom. The van der Waals surface area contributed by atoms with Crippen LogP contribution in [0.1, 0.15) is 19.8 Å². The van der Waals surface area contributed by atoms with Crippen LogP contribution >= 0.6 is 0 Å². The first-order chi connectivity index (χ1) is 5.72. The zero-order valence-corrected chi connectivity index (χ0v) is 7.99. The number of unbranched alkanes of at least 4 members (excludes halogenated alkanes) is 1. The van der Waals surface area contributed by atoms with Crippen LogP contribution in [-0.2, 0) is 0 Å². The molecule has 0 atom stereocenters. The molecule has 0 radical (unpaired) electrons. The molecule has 0 amide bonds. The number of hydrogen-bond donors (Lipinski definition) is 1. The van der Waals surface area contributed by atoms with E-state index >= 15 is 0 Å². The van der Waals surface area contributed by atoms with E-state index in [-0.39, 0.29) is 0 Å². The molecular formula is C8H17N3O. The summed E-state index contributed by atoms with van der Waals surface area (Å²) in [5.41, 5.74) is 0. The summed E-state index contributed by atoms with van der Waals surface area (Å²) in [5.74, 6) is 0.700. The van der Waals surface area contributed by atoms with E-state index in [9.17, 15) is 0 Å². The third-order valence-corrected chi connectivity index (χ3v) is 1.42. The van der Waals surface area contributed by atoms with Crippen molar-refractivity contribution in [3.63, 3.8) is 0 Å². The van der Waals surface area contributed by atoms with Gasteiger partial charge in [-0.15, -0.1) is 0 Å². The number of rotatable bonds is 4. The molecule has 0 aliphatic rings. The molecule has 0 spiro atoms. The zero-order chi connectivity index (χ0) is 9.40. The van der Waals surface area contributed by atoms with Crippen molar-refractivity contribution >= 4 is 12.1 Å². The quantitative estimate of drug-likeness (QED) is 0.227. The fraction of sp³-hybridized carbons (Fsp3) is 0.750. The standard InChI is InChI=1S/C8H17N3O/c1-4-5-6-9-8(7-10-12)11(2)3/h7,12H,4-6H2,1-3H3/b9-8+,10-7+. The Kier molecular flexibility index (Phi) is 6.05. The van der Waals surface area contributed by atoms with Crippen molar-refractivity contribution in [2.75, 3.05) is 20.6 Å². The van der Waals surface area contributed by atoms with Crippen molar-refractivity contribution in [1.29, 1.82) is 0 Å². The van der Waals surface area contributed by atoms with Gasteiger partial charge in [0, 0.05) is 20.6 Å². The Morgan fingerprint density at radius 2 is 2.17 bits per heavy atom. The average molecular weight is 171 g/mol. The largest absolute Gasteiger partial charge is 0.411 e. The molecule has 0 aromatic carbocycles. The number of hydrogen-bond acceptors (Lipinski definition) is 3. The van der Waals surface area contributed by atoms with Crippen molar-refractivity contribution in [1.82, 2.24) is 4.90 Å². The smallest absolute Gasteiger partial charge is 0.145 e. The highest BCUT2D eigenvalue weighted by Crippen LogP contribution is 1.89. The number of nitrogens with zero attached hydrogens (tertiary/aromatic N) is 3. The van der Waals surface area contributed by atoms with Gasteiger partial charge in [-0.2, -0.15) is 0 Å². The second-order valence-electron chi connectivity index (χ2n) is 2.73. The van der Waals surface area contributed by atoms with Crippen molar-refractivity contribution in [3.8, 4) is 0 Å². The second-order valence-corrected chi connectivity index (χ2v) is 2.73. The minimum absolute atomic E-state index is 0.700. The van der Waals surface area contributed by atoms with E-state index in [1.807, 2.05) is 19.0 Å². The number of amidine groups is 1. The lowest BCUT2D eigenvalue weighted by molar-refractivity contribution is 0.322. The third-order valence-electron chi connectivity index (χ3n) is 1.42. The fourth-order valence-corrected chi connectivity index (χ4v) is 0.701. The Bertz CT molecular complexity index is 164. The molecule has 0 aromatic heterocycles. The summed E-state index contributed by atoms with van der Waals surface area (Å²) in [6.45, 7) is 2.90. The van der Waals surface area contributed by atoms with Crippen LogP contribution in [0.5, 0.6) is 0 Å². The summed E-state index contributed by atoms with van der Waals surface area (Å²) >= 11 is 0. The van der Waals surface area contributed by atoms with Crippen LogP contribution < -0.4 is 0 Å². The molecule has 0 unspecified atom stereocenters. The van der Waals surface area contributed by atoms with Gasteiger partial charge in [0.15, 0.2) is 0 Å². The van der Waals surface area contributed by atoms with Gasteiger partial charge in [0.1, 0.15) is 12.1 Å². The van der Waals surface area contributed by atoms with E-state index in [0.29, 0.717) is 5.84 Å². The topological polar surface area (TPSA) is 48.2 Å². The first-order valence-corrected chi connectivity index (χ1v) is 4.11. The maximum atomic E-state index is 8.30. The Morgan fingerprint density at radius 3 is 2.58 bits per heavy atom. The van der Waals surface area contributed by atoms with E-state index < -0.39 is 0 Å². The van der Waals surface area contributed by atoms with E-state index in [1.54, 1.807) is 0 Å². The molecule has 0 heterocycles. The summed E-state index contributed by atoms with van der Waals surface area (Å²) in [6, 6.07) is 0. The normalized spacial score (nSPS) is 12.4. The lowest BCUT2D eigenvalue weighted by atomic mass is 10.3. The minimum Gasteiger partial charge on any atom is -0.411 e. The molecule has 4 nitrogen and oxygen atoms in total. The van der Waals surface area contributed by atoms with Crippen LogP contribution in [0, 0.1) is 0 Å². The predicted octanol–water partition coefficient (Wildman–Crippen LogP) is 1.21. The Labute approximate surface area is 73.6 Å². The second kappa shape index (κ2) is 6.64. The molecule has 0 aromatic rings. The van der Waals surface area contributed by atoms with E-state index in [2.05, 4.69) is 17.1 Å². The summed E-state index contributed by atoms with van der Waals surface area (Å²) in [6.07, 6.45) is 3.53. The SMILES string of the molecule is CCCC/N=C(\C=N\O)N(C)C. The third kappa shape index (κ3) is 4.71. The van der Waals surface area contributed by atoms with Crippen LogP contribution in [0.4, 0.5) is 0 Å². The molecular weight excluding hydrogens is 154 g/mol. The van der Waals surface area contributed by atoms with Crippen molar-refractivity contribution in [2.45, 2.75) is 19.8 Å². The first kappa shape index (κ1) is 10.9. The highest BCUT2D eigenvalue weighted by atomic mass is 16.4. The monoisotopic (exact) mass is 171 g/mol. The number of aliphatic imine (C=N–C) groups is 1. The molecule has 0 saturated heterocycles. The number of oxime groups is 1. The van der Waals surface area contributed by atoms with Crippen LogP contribution in [0.15, 0.2) is 10.1 Å². The molecule has 0 aliphatic heterocycles. The van der Waals surface area contributed by atoms with Gasteiger partial charge in [-0.05, 0) is 6.42 Å². The molecule has 1 N–H and O–H groups in total. The van der Waals surface area contributed by atoms with Crippen molar-refractivity contribution < 1.29 is 5.21 Å². The van der Waals surface area contributed by atoms with Gasteiger partial charge in [-0.25, -0.2) is 0 Å². The van der Waals surface area contributed by atoms with Gasteiger partial charge in [0.05, 0.1) is 0 Å². The molecule has 4 heteroatoms. The molecule has 0 rings (SSSR count). The minimum atomic E-state index is 0.700. The zero-order valence-electron chi connectivity index (χ0n) is 7.99. The molecule has 0 bridgehead atoms. The van der Waals surface area contributed by atoms with Crippen LogP contribution in [0.3, 0.4) is 0 Å². The summed E-state index contributed by atoms with van der Waals surface area (Å²) in [7, 11) is 3.74. The maximum Gasteiger partial charge on any atom is 0.145 e. The molecule has 70 valence electrons. The van der Waals surface area contributed by atoms with Gasteiger partial charge in [-0.3, -0.25) is 4.99 Å². The lowest BCUT2D eigenvalue weighted by Crippen LogP contribution is -2.23. The van der Waals surface area contributed by atoms with E-state index in [0.717, 1.165) is 19.4 Å². The summed E-state index contributed by atoms with van der Waals surface area (Å²) in [5, 5.41) is 11.2. The maximum absolute atomic E-state index is 8.30. The van der Waals surface area contributed by atoms with Crippen LogP contribution in [-0.4, -0.2) is 42.8 Å². The molecule has 0 saturated carbocycles. The van der Waals surface area contributed by atoms with Crippen LogP contribution in [0.2, 0.25) is 0 Å². The Balaban J connectivity index is 4.00. The summed E-state index contributed by atoms with van der Waals surface area (Å²) in [4.78, 5) is 6.05. The van der Waals surface area contributed by atoms with Gasteiger partial charge < -0.3 is 10.1 Å². The Hall–Kier alpha value is -1.06. The molecule has 0 fully saturated rings. The van der Waals surface area contributed by atoms with Crippen molar-refractivity contribution in [2.24, 2.45) is 10.1 Å². The van der Waals surface area contributed by atoms with Crippen LogP contribution in [0.25, 0.3) is 0 Å². The van der Waals surface area contributed by atoms with E-state index in [1.165, 1.54) is 6.21 Å². The van der Waals surface area contributed by atoms with Gasteiger partial charge in [0.2, 0.25) is 0 Å². The summed E-state index contributed by atoms with van der Waals surface area (Å²) < 4.78 is 0. The first-order valence-electron chi connectivity index (χ1n) is 4.11.